The van der Waals surface area contributed by atoms with Crippen molar-refractivity contribution in [1.29, 1.82) is 0 Å². The molecule has 27 heavy (non-hydrogen) atoms. The number of nitrogens with zero attached hydrogens (tertiary/aromatic N) is 4. The van der Waals surface area contributed by atoms with Crippen LogP contribution in [0.25, 0.3) is 11.4 Å². The highest BCUT2D eigenvalue weighted by molar-refractivity contribution is 8.00. The number of hydrogen-bond donors (Lipinski definition) is 0. The molecule has 7 nitrogen and oxygen atoms in total. The Labute approximate surface area is 164 Å². The van der Waals surface area contributed by atoms with Crippen LogP contribution >= 0.6 is 11.8 Å². The normalized spacial score (nSPS) is 19.7. The molecule has 0 spiro atoms. The quantitative estimate of drug-likeness (QED) is 0.680. The van der Waals surface area contributed by atoms with Gasteiger partial charge in [0.25, 0.3) is 0 Å². The molecule has 0 radical (unpaired) electrons. The minimum Gasteiger partial charge on any atom is -0.338 e. The van der Waals surface area contributed by atoms with Gasteiger partial charge in [0.2, 0.25) is 5.91 Å². The Balaban J connectivity index is 1.72. The first-order valence-electron chi connectivity index (χ1n) is 8.94. The molecule has 2 atom stereocenters. The van der Waals surface area contributed by atoms with Crippen molar-refractivity contribution >= 4 is 27.5 Å². The molecule has 0 bridgehead atoms. The van der Waals surface area contributed by atoms with E-state index in [1.54, 1.807) is 4.90 Å². The van der Waals surface area contributed by atoms with E-state index < -0.39 is 9.84 Å². The van der Waals surface area contributed by atoms with Crippen LogP contribution in [0.2, 0.25) is 0 Å². The Morgan fingerprint density at radius 2 is 2.04 bits per heavy atom. The van der Waals surface area contributed by atoms with E-state index in [9.17, 15) is 13.2 Å². The summed E-state index contributed by atoms with van der Waals surface area (Å²) in [5, 5.41) is 8.76. The van der Waals surface area contributed by atoms with E-state index >= 15 is 0 Å². The maximum atomic E-state index is 12.9. The number of sulfone groups is 1. The van der Waals surface area contributed by atoms with Gasteiger partial charge in [-0.2, -0.15) is 0 Å². The summed E-state index contributed by atoms with van der Waals surface area (Å²) in [5.74, 6) is 0.902. The lowest BCUT2D eigenvalue weighted by Crippen LogP contribution is -2.44. The molecule has 1 aliphatic rings. The van der Waals surface area contributed by atoms with Crippen molar-refractivity contribution in [3.8, 4) is 11.4 Å². The maximum Gasteiger partial charge on any atom is 0.236 e. The maximum absolute atomic E-state index is 12.9. The number of rotatable bonds is 6. The van der Waals surface area contributed by atoms with Crippen molar-refractivity contribution < 1.29 is 13.2 Å². The minimum absolute atomic E-state index is 0.0612. The van der Waals surface area contributed by atoms with Gasteiger partial charge < -0.3 is 9.47 Å². The van der Waals surface area contributed by atoms with Crippen LogP contribution in [0.5, 0.6) is 0 Å². The van der Waals surface area contributed by atoms with Crippen LogP contribution in [0.15, 0.2) is 35.5 Å². The average molecular weight is 409 g/mol. The molecule has 1 aromatic heterocycles. The van der Waals surface area contributed by atoms with Crippen molar-refractivity contribution in [3.63, 3.8) is 0 Å². The van der Waals surface area contributed by atoms with E-state index in [1.807, 2.05) is 55.8 Å². The number of carbonyl (C=O) groups is 1. The minimum atomic E-state index is -3.03. The number of thioether (sulfide) groups is 1. The summed E-state index contributed by atoms with van der Waals surface area (Å²) in [6.45, 7) is 4.21. The molecular formula is C18H24N4O3S2. The third kappa shape index (κ3) is 4.35. The fourth-order valence-electron chi connectivity index (χ4n) is 3.31. The molecule has 2 heterocycles. The van der Waals surface area contributed by atoms with Crippen LogP contribution in [0.1, 0.15) is 20.3 Å². The van der Waals surface area contributed by atoms with Crippen LogP contribution < -0.4 is 0 Å². The summed E-state index contributed by atoms with van der Waals surface area (Å²) in [4.78, 5) is 14.6. The van der Waals surface area contributed by atoms with Crippen molar-refractivity contribution in [2.24, 2.45) is 7.05 Å². The summed E-state index contributed by atoms with van der Waals surface area (Å²) in [6, 6.07) is 9.53. The van der Waals surface area contributed by atoms with E-state index in [0.29, 0.717) is 18.1 Å². The Bertz CT molecular complexity index is 912. The number of hydrogen-bond acceptors (Lipinski definition) is 6. The zero-order chi connectivity index (χ0) is 19.6. The molecular weight excluding hydrogens is 384 g/mol. The Morgan fingerprint density at radius 3 is 2.63 bits per heavy atom. The molecule has 1 fully saturated rings. The number of benzene rings is 1. The zero-order valence-electron chi connectivity index (χ0n) is 15.7. The number of amides is 1. The molecule has 3 rings (SSSR count). The Kier molecular flexibility index (Phi) is 5.90. The topological polar surface area (TPSA) is 85.2 Å². The molecule has 0 saturated carbocycles. The lowest BCUT2D eigenvalue weighted by atomic mass is 10.2. The van der Waals surface area contributed by atoms with Gasteiger partial charge in [0, 0.05) is 25.2 Å². The van der Waals surface area contributed by atoms with Gasteiger partial charge in [0.15, 0.2) is 20.8 Å². The van der Waals surface area contributed by atoms with Crippen molar-refractivity contribution in [2.75, 3.05) is 18.1 Å². The van der Waals surface area contributed by atoms with Gasteiger partial charge in [-0.1, -0.05) is 42.1 Å². The first kappa shape index (κ1) is 19.9. The smallest absolute Gasteiger partial charge is 0.236 e. The Hall–Kier alpha value is -1.87. The summed E-state index contributed by atoms with van der Waals surface area (Å²) in [6.07, 6.45) is 0.515. The first-order chi connectivity index (χ1) is 12.8. The second kappa shape index (κ2) is 8.02. The van der Waals surface area contributed by atoms with Gasteiger partial charge in [0.05, 0.1) is 16.8 Å². The SMILES string of the molecule is CCN(C(=O)[C@H](C)Sc1nnc(-c2ccccc2)n1C)[C@H]1CCS(=O)(=O)C1. The van der Waals surface area contributed by atoms with Crippen LogP contribution in [-0.2, 0) is 21.7 Å². The molecule has 146 valence electrons. The van der Waals surface area contributed by atoms with Crippen molar-refractivity contribution in [3.05, 3.63) is 30.3 Å². The number of aromatic nitrogens is 3. The van der Waals surface area contributed by atoms with Gasteiger partial charge >= 0.3 is 0 Å². The van der Waals surface area contributed by atoms with Crippen LogP contribution in [0.4, 0.5) is 0 Å². The molecule has 0 N–H and O–H groups in total. The van der Waals surface area contributed by atoms with Gasteiger partial charge in [-0.25, -0.2) is 8.42 Å². The molecule has 0 unspecified atom stereocenters. The second-order valence-corrected chi connectivity index (χ2v) is 10.2. The third-order valence-electron chi connectivity index (χ3n) is 4.77. The van der Waals surface area contributed by atoms with Crippen molar-refractivity contribution in [2.45, 2.75) is 36.7 Å². The lowest BCUT2D eigenvalue weighted by Gasteiger charge is -2.29. The van der Waals surface area contributed by atoms with Gasteiger partial charge in [0.1, 0.15) is 0 Å². The average Bonchev–Trinajstić information content (AvgIpc) is 3.19. The standard InChI is InChI=1S/C18H24N4O3S2/c1-4-22(15-10-11-27(24,25)12-15)17(23)13(2)26-18-20-19-16(21(18)3)14-8-6-5-7-9-14/h5-9,13,15H,4,10-12H2,1-3H3/t13-,15-/m0/s1. The predicted molar refractivity (Wildman–Crippen MR) is 106 cm³/mol. The highest BCUT2D eigenvalue weighted by Crippen LogP contribution is 2.28. The molecule has 1 aliphatic heterocycles. The lowest BCUT2D eigenvalue weighted by molar-refractivity contribution is -0.131. The number of carbonyl (C=O) groups excluding carboxylic acids is 1. The molecule has 2 aromatic rings. The highest BCUT2D eigenvalue weighted by Gasteiger charge is 2.35. The fraction of sp³-hybridized carbons (Fsp3) is 0.500. The summed E-state index contributed by atoms with van der Waals surface area (Å²) in [5.41, 5.74) is 0.963. The summed E-state index contributed by atoms with van der Waals surface area (Å²) < 4.78 is 25.4. The predicted octanol–water partition coefficient (Wildman–Crippen LogP) is 2.00. The van der Waals surface area contributed by atoms with E-state index in [1.165, 1.54) is 11.8 Å². The summed E-state index contributed by atoms with van der Waals surface area (Å²) >= 11 is 1.34. The highest BCUT2D eigenvalue weighted by atomic mass is 32.2. The summed E-state index contributed by atoms with van der Waals surface area (Å²) in [7, 11) is -1.15. The van der Waals surface area contributed by atoms with Gasteiger partial charge in [-0.15, -0.1) is 10.2 Å². The van der Waals surface area contributed by atoms with E-state index in [4.69, 9.17) is 0 Å². The molecule has 1 saturated heterocycles. The monoisotopic (exact) mass is 408 g/mol. The van der Waals surface area contributed by atoms with Gasteiger partial charge in [-0.3, -0.25) is 4.79 Å². The largest absolute Gasteiger partial charge is 0.338 e. The zero-order valence-corrected chi connectivity index (χ0v) is 17.3. The molecule has 0 aliphatic carbocycles. The van der Waals surface area contributed by atoms with Gasteiger partial charge in [-0.05, 0) is 20.3 Å². The van der Waals surface area contributed by atoms with Crippen LogP contribution in [0.3, 0.4) is 0 Å². The second-order valence-electron chi connectivity index (χ2n) is 6.67. The molecule has 9 heteroatoms. The fourth-order valence-corrected chi connectivity index (χ4v) is 5.93. The van der Waals surface area contributed by atoms with Crippen LogP contribution in [0, 0.1) is 0 Å². The Morgan fingerprint density at radius 1 is 1.33 bits per heavy atom. The van der Waals surface area contributed by atoms with Crippen molar-refractivity contribution in [1.82, 2.24) is 19.7 Å². The third-order valence-corrected chi connectivity index (χ3v) is 7.64. The molecule has 1 amide bonds. The first-order valence-corrected chi connectivity index (χ1v) is 11.6. The van der Waals surface area contributed by atoms with E-state index in [0.717, 1.165) is 11.4 Å². The van der Waals surface area contributed by atoms with E-state index in [2.05, 4.69) is 10.2 Å². The van der Waals surface area contributed by atoms with Crippen LogP contribution in [-0.4, -0.2) is 63.3 Å². The molecule has 1 aromatic carbocycles. The van der Waals surface area contributed by atoms with E-state index in [-0.39, 0.29) is 28.7 Å².